The van der Waals surface area contributed by atoms with Crippen molar-refractivity contribution in [2.45, 2.75) is 39.0 Å². The third kappa shape index (κ3) is 3.92. The number of para-hydroxylation sites is 1. The zero-order chi connectivity index (χ0) is 16.1. The lowest BCUT2D eigenvalue weighted by Gasteiger charge is -2.20. The van der Waals surface area contributed by atoms with Crippen molar-refractivity contribution in [3.63, 3.8) is 0 Å². The van der Waals surface area contributed by atoms with Gasteiger partial charge in [-0.15, -0.1) is 0 Å². The average molecular weight is 313 g/mol. The van der Waals surface area contributed by atoms with Crippen molar-refractivity contribution in [1.82, 2.24) is 15.1 Å². The van der Waals surface area contributed by atoms with E-state index in [1.54, 1.807) is 4.68 Å². The number of rotatable bonds is 5. The fourth-order valence-electron chi connectivity index (χ4n) is 3.02. The van der Waals surface area contributed by atoms with Crippen molar-refractivity contribution < 1.29 is 9.53 Å². The summed E-state index contributed by atoms with van der Waals surface area (Å²) in [5.74, 6) is 0.887. The molecule has 5 heteroatoms. The molecule has 0 spiro atoms. The van der Waals surface area contributed by atoms with Gasteiger partial charge in [0, 0.05) is 12.0 Å². The number of benzene rings is 1. The van der Waals surface area contributed by atoms with Crippen LogP contribution in [0.2, 0.25) is 0 Å². The first kappa shape index (κ1) is 15.6. The minimum atomic E-state index is 0.104. The van der Waals surface area contributed by atoms with Crippen LogP contribution in [0.25, 0.3) is 5.69 Å². The zero-order valence-corrected chi connectivity index (χ0v) is 13.5. The number of hydrogen-bond acceptors (Lipinski definition) is 3. The van der Waals surface area contributed by atoms with Crippen molar-refractivity contribution in [2.75, 3.05) is 6.73 Å². The molecule has 5 nitrogen and oxygen atoms in total. The van der Waals surface area contributed by atoms with E-state index in [1.807, 2.05) is 43.3 Å². The summed E-state index contributed by atoms with van der Waals surface area (Å²) >= 11 is 0. The Labute approximate surface area is 136 Å². The molecule has 1 heterocycles. The highest BCUT2D eigenvalue weighted by molar-refractivity contribution is 5.78. The number of hydrogen-bond donors (Lipinski definition) is 1. The Bertz CT molecular complexity index is 646. The van der Waals surface area contributed by atoms with Crippen LogP contribution in [0.3, 0.4) is 0 Å². The molecule has 1 aromatic carbocycles. The largest absolute Gasteiger partial charge is 0.456 e. The van der Waals surface area contributed by atoms with E-state index < -0.39 is 0 Å². The van der Waals surface area contributed by atoms with Gasteiger partial charge in [0.05, 0.1) is 11.4 Å². The maximum Gasteiger partial charge on any atom is 0.225 e. The van der Waals surface area contributed by atoms with Crippen molar-refractivity contribution >= 4 is 5.91 Å². The Morgan fingerprint density at radius 1 is 1.26 bits per heavy atom. The number of aryl methyl sites for hydroxylation is 1. The van der Waals surface area contributed by atoms with Gasteiger partial charge in [-0.2, -0.15) is 5.10 Å². The summed E-state index contributed by atoms with van der Waals surface area (Å²) in [5, 5.41) is 7.33. The van der Waals surface area contributed by atoms with Crippen LogP contribution >= 0.6 is 0 Å². The van der Waals surface area contributed by atoms with Gasteiger partial charge >= 0.3 is 0 Å². The third-order valence-corrected chi connectivity index (χ3v) is 4.24. The molecule has 1 N–H and O–H groups in total. The van der Waals surface area contributed by atoms with Gasteiger partial charge in [-0.3, -0.25) is 4.79 Å². The number of carbonyl (C=O) groups excluding carboxylic acids is 1. The summed E-state index contributed by atoms with van der Waals surface area (Å²) in [6.07, 6.45) is 5.54. The van der Waals surface area contributed by atoms with Crippen molar-refractivity contribution in [1.29, 1.82) is 0 Å². The molecule has 0 saturated heterocycles. The van der Waals surface area contributed by atoms with E-state index in [0.29, 0.717) is 5.88 Å². The van der Waals surface area contributed by atoms with E-state index in [1.165, 1.54) is 6.42 Å². The Kier molecular flexibility index (Phi) is 4.95. The van der Waals surface area contributed by atoms with E-state index in [4.69, 9.17) is 4.74 Å². The SMILES string of the molecule is Cc1cc(OCNC(=O)C2CCCCC2)n(-c2ccccc2)n1. The second-order valence-electron chi connectivity index (χ2n) is 6.04. The summed E-state index contributed by atoms with van der Waals surface area (Å²) in [4.78, 5) is 12.1. The Morgan fingerprint density at radius 2 is 2.00 bits per heavy atom. The molecule has 3 rings (SSSR count). The first-order chi connectivity index (χ1) is 11.2. The lowest BCUT2D eigenvalue weighted by atomic mass is 9.89. The molecule has 0 bridgehead atoms. The van der Waals surface area contributed by atoms with Gasteiger partial charge in [-0.05, 0) is 31.9 Å². The molecule has 1 aromatic heterocycles. The molecule has 2 aromatic rings. The fourth-order valence-corrected chi connectivity index (χ4v) is 3.02. The summed E-state index contributed by atoms with van der Waals surface area (Å²) < 4.78 is 7.49. The van der Waals surface area contributed by atoms with Gasteiger partial charge in [-0.25, -0.2) is 4.68 Å². The van der Waals surface area contributed by atoms with Gasteiger partial charge in [-0.1, -0.05) is 37.5 Å². The minimum Gasteiger partial charge on any atom is -0.456 e. The summed E-state index contributed by atoms with van der Waals surface area (Å²) in [6.45, 7) is 2.10. The lowest BCUT2D eigenvalue weighted by Crippen LogP contribution is -2.34. The third-order valence-electron chi connectivity index (χ3n) is 4.24. The first-order valence-electron chi connectivity index (χ1n) is 8.26. The number of aromatic nitrogens is 2. The number of amides is 1. The highest BCUT2D eigenvalue weighted by Gasteiger charge is 2.20. The topological polar surface area (TPSA) is 56.1 Å². The van der Waals surface area contributed by atoms with E-state index in [9.17, 15) is 4.79 Å². The second kappa shape index (κ2) is 7.31. The smallest absolute Gasteiger partial charge is 0.225 e. The number of ether oxygens (including phenoxy) is 1. The number of nitrogens with one attached hydrogen (secondary N) is 1. The molecule has 0 unspecified atom stereocenters. The van der Waals surface area contributed by atoms with Crippen LogP contribution in [0.4, 0.5) is 0 Å². The molecule has 122 valence electrons. The zero-order valence-electron chi connectivity index (χ0n) is 13.5. The maximum atomic E-state index is 12.1. The van der Waals surface area contributed by atoms with Crippen LogP contribution in [0.1, 0.15) is 37.8 Å². The predicted octanol–water partition coefficient (Wildman–Crippen LogP) is 3.21. The van der Waals surface area contributed by atoms with Gasteiger partial charge in [0.15, 0.2) is 6.73 Å². The Balaban J connectivity index is 1.59. The summed E-state index contributed by atoms with van der Waals surface area (Å²) in [7, 11) is 0. The van der Waals surface area contributed by atoms with Gasteiger partial charge in [0.2, 0.25) is 11.8 Å². The van der Waals surface area contributed by atoms with Gasteiger partial charge in [0.1, 0.15) is 0 Å². The first-order valence-corrected chi connectivity index (χ1v) is 8.26. The second-order valence-corrected chi connectivity index (χ2v) is 6.04. The maximum absolute atomic E-state index is 12.1. The Hall–Kier alpha value is -2.30. The van der Waals surface area contributed by atoms with Crippen LogP contribution in [0.5, 0.6) is 5.88 Å². The van der Waals surface area contributed by atoms with Crippen LogP contribution in [-0.4, -0.2) is 22.4 Å². The molecular formula is C18H23N3O2. The molecule has 1 aliphatic carbocycles. The van der Waals surface area contributed by atoms with Crippen LogP contribution < -0.4 is 10.1 Å². The highest BCUT2D eigenvalue weighted by Crippen LogP contribution is 2.23. The summed E-state index contributed by atoms with van der Waals surface area (Å²) in [5.41, 5.74) is 1.82. The Morgan fingerprint density at radius 3 is 2.74 bits per heavy atom. The number of nitrogens with zero attached hydrogens (tertiary/aromatic N) is 2. The molecule has 0 atom stereocenters. The quantitative estimate of drug-likeness (QED) is 0.862. The molecule has 1 amide bonds. The number of carbonyl (C=O) groups is 1. The molecule has 1 saturated carbocycles. The van der Waals surface area contributed by atoms with Crippen molar-refractivity contribution in [3.05, 3.63) is 42.1 Å². The summed E-state index contributed by atoms with van der Waals surface area (Å²) in [6, 6.07) is 11.7. The molecule has 1 aliphatic rings. The van der Waals surface area contributed by atoms with E-state index in [0.717, 1.165) is 37.1 Å². The molecule has 0 aliphatic heterocycles. The fraction of sp³-hybridized carbons (Fsp3) is 0.444. The van der Waals surface area contributed by atoms with E-state index in [2.05, 4.69) is 10.4 Å². The standard InChI is InChI=1S/C18H23N3O2/c1-14-12-17(21(20-14)16-10-6-3-7-11-16)23-13-19-18(22)15-8-4-2-5-9-15/h3,6-7,10-12,15H,2,4-5,8-9,13H2,1H3,(H,19,22). The predicted molar refractivity (Wildman–Crippen MR) is 88.5 cm³/mol. The van der Waals surface area contributed by atoms with Crippen LogP contribution in [0.15, 0.2) is 36.4 Å². The van der Waals surface area contributed by atoms with Gasteiger partial charge < -0.3 is 10.1 Å². The monoisotopic (exact) mass is 313 g/mol. The molecule has 0 radical (unpaired) electrons. The van der Waals surface area contributed by atoms with Gasteiger partial charge in [0.25, 0.3) is 0 Å². The van der Waals surface area contributed by atoms with Crippen LogP contribution in [0, 0.1) is 12.8 Å². The average Bonchev–Trinajstić information content (AvgIpc) is 2.97. The molecule has 23 heavy (non-hydrogen) atoms. The normalized spacial score (nSPS) is 15.3. The highest BCUT2D eigenvalue weighted by atomic mass is 16.5. The molecule has 1 fully saturated rings. The molecular weight excluding hydrogens is 290 g/mol. The lowest BCUT2D eigenvalue weighted by molar-refractivity contribution is -0.126. The van der Waals surface area contributed by atoms with E-state index in [-0.39, 0.29) is 18.6 Å². The van der Waals surface area contributed by atoms with Crippen molar-refractivity contribution in [3.8, 4) is 11.6 Å². The van der Waals surface area contributed by atoms with Crippen molar-refractivity contribution in [2.24, 2.45) is 5.92 Å². The van der Waals surface area contributed by atoms with E-state index >= 15 is 0 Å². The van der Waals surface area contributed by atoms with Crippen LogP contribution in [-0.2, 0) is 4.79 Å². The minimum absolute atomic E-state index is 0.104.